The Morgan fingerprint density at radius 1 is 1.32 bits per heavy atom. The van der Waals surface area contributed by atoms with Crippen LogP contribution in [0.5, 0.6) is 0 Å². The molecule has 1 atom stereocenters. The molecule has 0 aliphatic carbocycles. The summed E-state index contributed by atoms with van der Waals surface area (Å²) in [5.74, 6) is 0.0102. The molecular weight excluding hydrogens is 262 g/mol. The van der Waals surface area contributed by atoms with Gasteiger partial charge in [-0.25, -0.2) is 0 Å². The van der Waals surface area contributed by atoms with Gasteiger partial charge >= 0.3 is 5.97 Å². The minimum absolute atomic E-state index is 0.0643. The van der Waals surface area contributed by atoms with E-state index in [-0.39, 0.29) is 17.1 Å². The number of amides is 1. The first-order valence-corrected chi connectivity index (χ1v) is 7.11. The number of hydrogen-bond donors (Lipinski definition) is 1. The molecule has 0 aliphatic rings. The second-order valence-corrected chi connectivity index (χ2v) is 5.74. The van der Waals surface area contributed by atoms with Crippen molar-refractivity contribution < 1.29 is 14.3 Å². The van der Waals surface area contributed by atoms with E-state index >= 15 is 0 Å². The maximum Gasteiger partial charge on any atom is 0.306 e. The Hall–Kier alpha value is -1.49. The smallest absolute Gasteiger partial charge is 0.306 e. The first-order chi connectivity index (χ1) is 9.01. The first-order valence-electron chi connectivity index (χ1n) is 6.06. The van der Waals surface area contributed by atoms with E-state index < -0.39 is 0 Å². The van der Waals surface area contributed by atoms with Crippen LogP contribution >= 0.6 is 11.8 Å². The van der Waals surface area contributed by atoms with Gasteiger partial charge in [-0.3, -0.25) is 9.59 Å². The van der Waals surface area contributed by atoms with E-state index in [2.05, 4.69) is 10.1 Å². The Bertz CT molecular complexity index is 431. The van der Waals surface area contributed by atoms with Crippen molar-refractivity contribution in [3.8, 4) is 0 Å². The number of rotatable bonds is 6. The molecule has 5 heteroatoms. The van der Waals surface area contributed by atoms with Crippen LogP contribution in [0.2, 0.25) is 0 Å². The van der Waals surface area contributed by atoms with Crippen LogP contribution < -0.4 is 5.32 Å². The van der Waals surface area contributed by atoms with E-state index in [1.54, 1.807) is 0 Å². The maximum absolute atomic E-state index is 11.7. The van der Waals surface area contributed by atoms with Gasteiger partial charge in [0.05, 0.1) is 19.3 Å². The summed E-state index contributed by atoms with van der Waals surface area (Å²) in [5.41, 5.74) is 1.94. The predicted molar refractivity (Wildman–Crippen MR) is 78.4 cm³/mol. The molecule has 1 aromatic carbocycles. The Morgan fingerprint density at radius 3 is 2.53 bits per heavy atom. The second-order valence-electron chi connectivity index (χ2n) is 4.32. The average Bonchev–Trinajstić information content (AvgIpc) is 2.39. The van der Waals surface area contributed by atoms with E-state index in [1.807, 2.05) is 38.1 Å². The van der Waals surface area contributed by atoms with Crippen LogP contribution in [0.25, 0.3) is 0 Å². The number of thioether (sulfide) groups is 1. The van der Waals surface area contributed by atoms with Gasteiger partial charge in [-0.05, 0) is 19.1 Å². The van der Waals surface area contributed by atoms with Gasteiger partial charge in [0.2, 0.25) is 5.91 Å². The minimum Gasteiger partial charge on any atom is -0.469 e. The number of hydrogen-bond acceptors (Lipinski definition) is 4. The van der Waals surface area contributed by atoms with E-state index in [9.17, 15) is 9.59 Å². The minimum atomic E-state index is -0.251. The topological polar surface area (TPSA) is 55.4 Å². The molecule has 0 bridgehead atoms. The summed E-state index contributed by atoms with van der Waals surface area (Å²) in [6.07, 6.45) is 0.318. The largest absolute Gasteiger partial charge is 0.469 e. The van der Waals surface area contributed by atoms with Crippen molar-refractivity contribution in [1.82, 2.24) is 0 Å². The van der Waals surface area contributed by atoms with Crippen molar-refractivity contribution in [2.24, 2.45) is 0 Å². The highest BCUT2D eigenvalue weighted by Crippen LogP contribution is 2.15. The lowest BCUT2D eigenvalue weighted by Crippen LogP contribution is -2.17. The molecule has 1 N–H and O–H groups in total. The first kappa shape index (κ1) is 15.6. The van der Waals surface area contributed by atoms with Gasteiger partial charge < -0.3 is 10.1 Å². The van der Waals surface area contributed by atoms with Gasteiger partial charge in [0.15, 0.2) is 0 Å². The Morgan fingerprint density at radius 2 is 1.95 bits per heavy atom. The zero-order valence-corrected chi connectivity index (χ0v) is 12.3. The highest BCUT2D eigenvalue weighted by molar-refractivity contribution is 8.00. The molecule has 104 valence electrons. The number of aryl methyl sites for hydroxylation is 1. The zero-order chi connectivity index (χ0) is 14.3. The van der Waals surface area contributed by atoms with Crippen LogP contribution in [0.1, 0.15) is 18.9 Å². The van der Waals surface area contributed by atoms with E-state index in [4.69, 9.17) is 0 Å². The van der Waals surface area contributed by atoms with Gasteiger partial charge in [0.25, 0.3) is 0 Å². The van der Waals surface area contributed by atoms with Crippen molar-refractivity contribution in [3.63, 3.8) is 0 Å². The number of carbonyl (C=O) groups excluding carboxylic acids is 2. The molecule has 1 aromatic rings. The summed E-state index contributed by atoms with van der Waals surface area (Å²) in [6.45, 7) is 3.90. The van der Waals surface area contributed by atoms with Crippen LogP contribution in [0.3, 0.4) is 0 Å². The molecule has 0 radical (unpaired) electrons. The third-order valence-electron chi connectivity index (χ3n) is 2.52. The van der Waals surface area contributed by atoms with Gasteiger partial charge in [-0.2, -0.15) is 0 Å². The standard InChI is InChI=1S/C14H19NO3S/c1-10-4-6-12(7-5-10)15-13(16)9-19-11(2)8-14(17)18-3/h4-7,11H,8-9H2,1-3H3,(H,15,16). The molecule has 1 unspecified atom stereocenters. The highest BCUT2D eigenvalue weighted by atomic mass is 32.2. The van der Waals surface area contributed by atoms with E-state index in [0.29, 0.717) is 12.2 Å². The Balaban J connectivity index is 2.31. The predicted octanol–water partition coefficient (Wildman–Crippen LogP) is 2.62. The molecule has 19 heavy (non-hydrogen) atoms. The van der Waals surface area contributed by atoms with Gasteiger partial charge in [0, 0.05) is 10.9 Å². The van der Waals surface area contributed by atoms with Crippen LogP contribution in [0.15, 0.2) is 24.3 Å². The van der Waals surface area contributed by atoms with E-state index in [0.717, 1.165) is 11.3 Å². The Labute approximate surface area is 117 Å². The fourth-order valence-corrected chi connectivity index (χ4v) is 2.19. The lowest BCUT2D eigenvalue weighted by molar-refractivity contribution is -0.140. The summed E-state index contributed by atoms with van der Waals surface area (Å²) in [6, 6.07) is 7.64. The summed E-state index contributed by atoms with van der Waals surface area (Å²) >= 11 is 1.44. The normalized spacial score (nSPS) is 11.7. The number of methoxy groups -OCH3 is 1. The van der Waals surface area contributed by atoms with Crippen LogP contribution in [-0.2, 0) is 14.3 Å². The van der Waals surface area contributed by atoms with Crippen molar-refractivity contribution in [3.05, 3.63) is 29.8 Å². The number of esters is 1. The number of nitrogens with one attached hydrogen (secondary N) is 1. The molecular formula is C14H19NO3S. The molecule has 1 rings (SSSR count). The van der Waals surface area contributed by atoms with Crippen LogP contribution in [-0.4, -0.2) is 30.0 Å². The van der Waals surface area contributed by atoms with Crippen LogP contribution in [0.4, 0.5) is 5.69 Å². The molecule has 1 amide bonds. The molecule has 0 spiro atoms. The number of ether oxygens (including phenoxy) is 1. The third kappa shape index (κ3) is 6.29. The van der Waals surface area contributed by atoms with Crippen molar-refractivity contribution in [2.45, 2.75) is 25.5 Å². The summed E-state index contributed by atoms with van der Waals surface area (Å²) in [5, 5.41) is 2.88. The average molecular weight is 281 g/mol. The number of anilines is 1. The van der Waals surface area contributed by atoms with Crippen molar-refractivity contribution in [2.75, 3.05) is 18.2 Å². The molecule has 0 heterocycles. The molecule has 0 saturated heterocycles. The fraction of sp³-hybridized carbons (Fsp3) is 0.429. The van der Waals surface area contributed by atoms with Gasteiger partial charge in [0.1, 0.15) is 0 Å². The second kappa shape index (κ2) is 7.84. The van der Waals surface area contributed by atoms with Crippen molar-refractivity contribution in [1.29, 1.82) is 0 Å². The zero-order valence-electron chi connectivity index (χ0n) is 11.4. The SMILES string of the molecule is COC(=O)CC(C)SCC(=O)Nc1ccc(C)cc1. The summed E-state index contributed by atoms with van der Waals surface area (Å²) in [4.78, 5) is 22.8. The number of carbonyl (C=O) groups is 2. The third-order valence-corrected chi connectivity index (χ3v) is 3.68. The fourth-order valence-electron chi connectivity index (χ4n) is 1.43. The van der Waals surface area contributed by atoms with Gasteiger partial charge in [-0.15, -0.1) is 11.8 Å². The lowest BCUT2D eigenvalue weighted by atomic mass is 10.2. The lowest BCUT2D eigenvalue weighted by Gasteiger charge is -2.10. The molecule has 0 saturated carbocycles. The summed E-state index contributed by atoms with van der Waals surface area (Å²) < 4.78 is 4.58. The van der Waals surface area contributed by atoms with Crippen LogP contribution in [0, 0.1) is 6.92 Å². The summed E-state index contributed by atoms with van der Waals surface area (Å²) in [7, 11) is 1.36. The van der Waals surface area contributed by atoms with Crippen molar-refractivity contribution >= 4 is 29.3 Å². The molecule has 0 fully saturated rings. The molecule has 0 aliphatic heterocycles. The highest BCUT2D eigenvalue weighted by Gasteiger charge is 2.11. The quantitative estimate of drug-likeness (QED) is 0.814. The maximum atomic E-state index is 11.7. The van der Waals surface area contributed by atoms with E-state index in [1.165, 1.54) is 18.9 Å². The monoisotopic (exact) mass is 281 g/mol. The number of benzene rings is 1. The molecule has 0 aromatic heterocycles. The van der Waals surface area contributed by atoms with Gasteiger partial charge in [-0.1, -0.05) is 24.6 Å². The molecule has 4 nitrogen and oxygen atoms in total. The Kier molecular flexibility index (Phi) is 6.42.